The van der Waals surface area contributed by atoms with Gasteiger partial charge >= 0.3 is 21.2 Å². The summed E-state index contributed by atoms with van der Waals surface area (Å²) < 4.78 is 57.5. The Hall–Kier alpha value is -1.01. The minimum atomic E-state index is -3.75. The summed E-state index contributed by atoms with van der Waals surface area (Å²) in [5.41, 5.74) is 0. The number of rotatable bonds is 6. The van der Waals surface area contributed by atoms with Crippen LogP contribution in [0.1, 0.15) is 0 Å². The smallest absolute Gasteiger partial charge is 0.270 e. The molecule has 0 N–H and O–H groups in total. The molecule has 0 aliphatic heterocycles. The second kappa shape index (κ2) is 7.26. The predicted molar refractivity (Wildman–Crippen MR) is 78.7 cm³/mol. The van der Waals surface area contributed by atoms with Crippen LogP contribution < -0.4 is 21.2 Å². The zero-order valence-corrected chi connectivity index (χ0v) is 16.1. The summed E-state index contributed by atoms with van der Waals surface area (Å²) in [5.74, 6) is 0. The van der Waals surface area contributed by atoms with Crippen molar-refractivity contribution in [1.82, 2.24) is 0 Å². The lowest BCUT2D eigenvalue weighted by Crippen LogP contribution is -3.61. The van der Waals surface area contributed by atoms with Gasteiger partial charge in [0.1, 0.15) is 0 Å². The van der Waals surface area contributed by atoms with Crippen molar-refractivity contribution >= 4 is 20.2 Å². The van der Waals surface area contributed by atoms with Crippen molar-refractivity contribution in [1.29, 1.82) is 0 Å². The molecule has 0 radical (unpaired) electrons. The van der Waals surface area contributed by atoms with E-state index in [2.05, 4.69) is 8.37 Å². The van der Waals surface area contributed by atoms with Gasteiger partial charge in [0.15, 0.2) is 7.14 Å². The highest BCUT2D eigenvalue weighted by Gasteiger charge is 2.22. The monoisotopic (exact) mass is 469 g/mol. The lowest BCUT2D eigenvalue weighted by atomic mass is 10.4. The van der Waals surface area contributed by atoms with E-state index in [4.69, 9.17) is 0 Å². The summed E-state index contributed by atoms with van der Waals surface area (Å²) >= 11 is -0.752. The lowest BCUT2D eigenvalue weighted by Gasteiger charge is -2.00. The van der Waals surface area contributed by atoms with Gasteiger partial charge in [0.05, 0.1) is 24.0 Å². The van der Waals surface area contributed by atoms with Crippen LogP contribution in [0.2, 0.25) is 0 Å². The van der Waals surface area contributed by atoms with Crippen molar-refractivity contribution in [2.24, 2.45) is 0 Å². The number of benzene rings is 2. The standard InChI is InChI=1S/C14H14IO6S2/c1-20-22(16,17)13-7-3-5-11(9-13)15-12-6-4-8-14(10-12)23(18,19)21-2/h3-10H,1-2H3/q+1. The third-order valence-corrected chi connectivity index (χ3v) is 7.95. The summed E-state index contributed by atoms with van der Waals surface area (Å²) in [6.07, 6.45) is 0. The molecule has 0 amide bonds. The van der Waals surface area contributed by atoms with Gasteiger partial charge in [0.2, 0.25) is 0 Å². The molecule has 0 unspecified atom stereocenters. The maximum Gasteiger partial charge on any atom is 0.357 e. The van der Waals surface area contributed by atoms with Crippen LogP contribution in [0.25, 0.3) is 0 Å². The molecule has 0 fully saturated rings. The topological polar surface area (TPSA) is 86.7 Å². The molecular formula is C14H14IO6S2+. The van der Waals surface area contributed by atoms with Gasteiger partial charge in [-0.3, -0.25) is 8.37 Å². The largest absolute Gasteiger partial charge is 0.357 e. The third-order valence-electron chi connectivity index (χ3n) is 2.83. The van der Waals surface area contributed by atoms with E-state index in [0.717, 1.165) is 21.4 Å². The van der Waals surface area contributed by atoms with Crippen molar-refractivity contribution in [2.45, 2.75) is 9.79 Å². The second-order valence-electron chi connectivity index (χ2n) is 4.25. The van der Waals surface area contributed by atoms with Crippen LogP contribution in [0.4, 0.5) is 0 Å². The van der Waals surface area contributed by atoms with Crippen molar-refractivity contribution < 1.29 is 46.4 Å². The molecule has 0 bridgehead atoms. The number of hydrogen-bond donors (Lipinski definition) is 0. The van der Waals surface area contributed by atoms with E-state index in [1.54, 1.807) is 36.4 Å². The van der Waals surface area contributed by atoms with Gasteiger partial charge < -0.3 is 0 Å². The van der Waals surface area contributed by atoms with Crippen LogP contribution in [-0.2, 0) is 28.6 Å². The highest BCUT2D eigenvalue weighted by molar-refractivity contribution is 7.87. The highest BCUT2D eigenvalue weighted by atomic mass is 127. The average Bonchev–Trinajstić information content (AvgIpc) is 2.55. The average molecular weight is 469 g/mol. The van der Waals surface area contributed by atoms with Crippen molar-refractivity contribution in [3.8, 4) is 0 Å². The zero-order valence-electron chi connectivity index (χ0n) is 12.3. The summed E-state index contributed by atoms with van der Waals surface area (Å²) in [6, 6.07) is 12.9. The molecule has 0 aliphatic carbocycles. The molecule has 23 heavy (non-hydrogen) atoms. The first-order valence-corrected chi connectivity index (χ1v) is 11.2. The lowest BCUT2D eigenvalue weighted by molar-refractivity contribution is -0.597. The Morgan fingerprint density at radius 2 is 1.13 bits per heavy atom. The highest BCUT2D eigenvalue weighted by Crippen LogP contribution is 2.11. The van der Waals surface area contributed by atoms with E-state index >= 15 is 0 Å². The fraction of sp³-hybridized carbons (Fsp3) is 0.143. The summed E-state index contributed by atoms with van der Waals surface area (Å²) in [4.78, 5) is 0.163. The minimum Gasteiger partial charge on any atom is -0.270 e. The van der Waals surface area contributed by atoms with Gasteiger partial charge in [-0.15, -0.1) is 0 Å². The van der Waals surface area contributed by atoms with E-state index in [-0.39, 0.29) is 9.79 Å². The van der Waals surface area contributed by atoms with Crippen molar-refractivity contribution in [2.75, 3.05) is 14.2 Å². The van der Waals surface area contributed by atoms with Crippen LogP contribution in [0, 0.1) is 7.14 Å². The Kier molecular flexibility index (Phi) is 5.79. The molecule has 0 aromatic heterocycles. The quantitative estimate of drug-likeness (QED) is 0.378. The van der Waals surface area contributed by atoms with Gasteiger partial charge in [-0.1, -0.05) is 12.1 Å². The van der Waals surface area contributed by atoms with Crippen molar-refractivity contribution in [3.63, 3.8) is 0 Å². The van der Waals surface area contributed by atoms with Crippen LogP contribution in [-0.4, -0.2) is 31.1 Å². The normalized spacial score (nSPS) is 12.3. The summed E-state index contributed by atoms with van der Waals surface area (Å²) in [7, 11) is -5.28. The molecule has 0 heterocycles. The van der Waals surface area contributed by atoms with E-state index in [1.807, 2.05) is 0 Å². The molecule has 124 valence electrons. The van der Waals surface area contributed by atoms with Gasteiger partial charge in [-0.05, 0) is 24.3 Å². The predicted octanol–water partition coefficient (Wildman–Crippen LogP) is -1.51. The molecular weight excluding hydrogens is 455 g/mol. The SMILES string of the molecule is COS(=O)(=O)c1cccc([I+]c2cccc(S(=O)(=O)OC)c2)c1. The molecule has 2 rings (SSSR count). The maximum atomic E-state index is 11.7. The Bertz CT molecular complexity index is 831. The van der Waals surface area contributed by atoms with Crippen molar-refractivity contribution in [3.05, 3.63) is 55.7 Å². The van der Waals surface area contributed by atoms with Gasteiger partial charge in [-0.25, -0.2) is 0 Å². The number of hydrogen-bond acceptors (Lipinski definition) is 6. The molecule has 0 saturated carbocycles. The summed E-state index contributed by atoms with van der Waals surface area (Å²) in [5, 5.41) is 0. The maximum absolute atomic E-state index is 11.7. The molecule has 0 saturated heterocycles. The van der Waals surface area contributed by atoms with Gasteiger partial charge in [0, 0.05) is 12.1 Å². The fourth-order valence-corrected chi connectivity index (χ4v) is 6.00. The first-order chi connectivity index (χ1) is 10.8. The minimum absolute atomic E-state index is 0.0814. The molecule has 2 aromatic carbocycles. The van der Waals surface area contributed by atoms with E-state index < -0.39 is 41.4 Å². The number of halogens is 1. The van der Waals surface area contributed by atoms with Crippen LogP contribution in [0.5, 0.6) is 0 Å². The van der Waals surface area contributed by atoms with Crippen LogP contribution in [0.3, 0.4) is 0 Å². The van der Waals surface area contributed by atoms with Crippen LogP contribution in [0.15, 0.2) is 58.3 Å². The van der Waals surface area contributed by atoms with E-state index in [0.29, 0.717) is 0 Å². The van der Waals surface area contributed by atoms with Crippen LogP contribution >= 0.6 is 0 Å². The second-order valence-corrected chi connectivity index (χ2v) is 10.7. The fourth-order valence-electron chi connectivity index (χ4n) is 1.68. The van der Waals surface area contributed by atoms with Gasteiger partial charge in [0.25, 0.3) is 20.2 Å². The molecule has 0 spiro atoms. The Morgan fingerprint density at radius 1 is 0.739 bits per heavy atom. The van der Waals surface area contributed by atoms with E-state index in [9.17, 15) is 16.8 Å². The molecule has 0 atom stereocenters. The molecule has 2 aromatic rings. The first-order valence-electron chi connectivity index (χ1n) is 6.25. The summed E-state index contributed by atoms with van der Waals surface area (Å²) in [6.45, 7) is 0. The zero-order chi connectivity index (χ0) is 17.1. The molecule has 0 aliphatic rings. The molecule has 6 nitrogen and oxygen atoms in total. The Morgan fingerprint density at radius 3 is 1.48 bits per heavy atom. The molecule has 9 heteroatoms. The van der Waals surface area contributed by atoms with E-state index in [1.165, 1.54) is 12.1 Å². The van der Waals surface area contributed by atoms with Gasteiger partial charge in [-0.2, -0.15) is 16.8 Å². The first kappa shape index (κ1) is 18.3. The third kappa shape index (κ3) is 4.51. The Balaban J connectivity index is 2.34. The Labute approximate surface area is 145 Å².